The van der Waals surface area contributed by atoms with Gasteiger partial charge in [0.1, 0.15) is 0 Å². The van der Waals surface area contributed by atoms with E-state index in [9.17, 15) is 4.79 Å². The highest BCUT2D eigenvalue weighted by Gasteiger charge is 2.31. The van der Waals surface area contributed by atoms with Crippen molar-refractivity contribution in [3.63, 3.8) is 0 Å². The van der Waals surface area contributed by atoms with Gasteiger partial charge in [0, 0.05) is 6.04 Å². The zero-order chi connectivity index (χ0) is 9.84. The lowest BCUT2D eigenvalue weighted by Crippen LogP contribution is -2.41. The number of hydrogen-bond donors (Lipinski definition) is 1. The van der Waals surface area contributed by atoms with Gasteiger partial charge in [-0.1, -0.05) is 6.92 Å². The lowest BCUT2D eigenvalue weighted by Gasteiger charge is -2.30. The van der Waals surface area contributed by atoms with E-state index in [4.69, 9.17) is 10.5 Å². The number of nitrogens with two attached hydrogens (primary N) is 1. The van der Waals surface area contributed by atoms with Crippen LogP contribution in [0.2, 0.25) is 0 Å². The van der Waals surface area contributed by atoms with Gasteiger partial charge in [-0.2, -0.15) is 0 Å². The van der Waals surface area contributed by atoms with Crippen molar-refractivity contribution in [2.75, 3.05) is 6.61 Å². The molecule has 3 unspecified atom stereocenters. The zero-order valence-corrected chi connectivity index (χ0v) is 8.45. The molecule has 1 rings (SSSR count). The van der Waals surface area contributed by atoms with Crippen molar-refractivity contribution in [3.8, 4) is 0 Å². The molecule has 13 heavy (non-hydrogen) atoms. The predicted octanol–water partition coefficient (Wildman–Crippen LogP) is 1.31. The fourth-order valence-corrected chi connectivity index (χ4v) is 1.97. The van der Waals surface area contributed by atoms with Crippen LogP contribution in [0.5, 0.6) is 0 Å². The second kappa shape index (κ2) is 4.61. The summed E-state index contributed by atoms with van der Waals surface area (Å²) in [5, 5.41) is 0. The smallest absolute Gasteiger partial charge is 0.310 e. The van der Waals surface area contributed by atoms with E-state index in [-0.39, 0.29) is 17.9 Å². The van der Waals surface area contributed by atoms with Gasteiger partial charge in [-0.05, 0) is 32.1 Å². The summed E-state index contributed by atoms with van der Waals surface area (Å²) in [4.78, 5) is 11.4. The molecule has 2 N–H and O–H groups in total. The molecule has 0 spiro atoms. The molecule has 0 aromatic carbocycles. The Morgan fingerprint density at radius 2 is 2.23 bits per heavy atom. The first-order chi connectivity index (χ1) is 6.15. The summed E-state index contributed by atoms with van der Waals surface area (Å²) in [7, 11) is 0. The van der Waals surface area contributed by atoms with Crippen molar-refractivity contribution in [3.05, 3.63) is 0 Å². The summed E-state index contributed by atoms with van der Waals surface area (Å²) in [5.41, 5.74) is 5.90. The lowest BCUT2D eigenvalue weighted by molar-refractivity contribution is -0.150. The van der Waals surface area contributed by atoms with Crippen molar-refractivity contribution in [1.82, 2.24) is 0 Å². The van der Waals surface area contributed by atoms with E-state index in [0.717, 1.165) is 19.3 Å². The van der Waals surface area contributed by atoms with Gasteiger partial charge in [-0.3, -0.25) is 4.79 Å². The first-order valence-corrected chi connectivity index (χ1v) is 5.07. The summed E-state index contributed by atoms with van der Waals surface area (Å²) in [6, 6.07) is 0.00259. The molecular formula is C10H19NO2. The van der Waals surface area contributed by atoms with Crippen LogP contribution in [0, 0.1) is 11.8 Å². The van der Waals surface area contributed by atoms with Gasteiger partial charge in [0.05, 0.1) is 12.5 Å². The molecule has 3 heteroatoms. The van der Waals surface area contributed by atoms with E-state index in [1.165, 1.54) is 0 Å². The highest BCUT2D eigenvalue weighted by Crippen LogP contribution is 2.28. The van der Waals surface area contributed by atoms with Crippen LogP contribution in [0.4, 0.5) is 0 Å². The van der Waals surface area contributed by atoms with Crippen molar-refractivity contribution in [1.29, 1.82) is 0 Å². The van der Waals surface area contributed by atoms with Gasteiger partial charge >= 0.3 is 5.97 Å². The van der Waals surface area contributed by atoms with Crippen LogP contribution in [0.15, 0.2) is 0 Å². The molecule has 0 amide bonds. The van der Waals surface area contributed by atoms with Crippen molar-refractivity contribution < 1.29 is 9.53 Å². The number of hydrogen-bond acceptors (Lipinski definition) is 3. The highest BCUT2D eigenvalue weighted by molar-refractivity contribution is 5.73. The Balaban J connectivity index is 2.45. The Kier molecular flexibility index (Phi) is 3.72. The molecule has 0 bridgehead atoms. The monoisotopic (exact) mass is 185 g/mol. The number of ether oxygens (including phenoxy) is 1. The Morgan fingerprint density at radius 3 is 2.77 bits per heavy atom. The average molecular weight is 185 g/mol. The highest BCUT2D eigenvalue weighted by atomic mass is 16.5. The van der Waals surface area contributed by atoms with Crippen LogP contribution in [0.1, 0.15) is 33.1 Å². The Hall–Kier alpha value is -0.570. The lowest BCUT2D eigenvalue weighted by atomic mass is 9.79. The molecule has 0 aromatic rings. The first-order valence-electron chi connectivity index (χ1n) is 5.07. The fourth-order valence-electron chi connectivity index (χ4n) is 1.97. The van der Waals surface area contributed by atoms with Crippen molar-refractivity contribution in [2.24, 2.45) is 17.6 Å². The summed E-state index contributed by atoms with van der Waals surface area (Å²) in [6.45, 7) is 4.47. The molecule has 0 radical (unpaired) electrons. The van der Waals surface area contributed by atoms with E-state index >= 15 is 0 Å². The molecule has 1 aliphatic rings. The SMILES string of the molecule is CCOC(=O)C1CCC(C)CC1N. The molecule has 0 aromatic heterocycles. The van der Waals surface area contributed by atoms with Crippen LogP contribution in [-0.2, 0) is 9.53 Å². The first kappa shape index (κ1) is 10.5. The molecule has 3 nitrogen and oxygen atoms in total. The quantitative estimate of drug-likeness (QED) is 0.660. The Morgan fingerprint density at radius 1 is 1.54 bits per heavy atom. The van der Waals surface area contributed by atoms with Crippen molar-refractivity contribution in [2.45, 2.75) is 39.2 Å². The van der Waals surface area contributed by atoms with Crippen LogP contribution in [0.3, 0.4) is 0 Å². The molecule has 0 heterocycles. The maximum absolute atomic E-state index is 11.4. The van der Waals surface area contributed by atoms with E-state index in [0.29, 0.717) is 12.5 Å². The number of carbonyl (C=O) groups excluding carboxylic acids is 1. The van der Waals surface area contributed by atoms with Crippen molar-refractivity contribution >= 4 is 5.97 Å². The van der Waals surface area contributed by atoms with Crippen LogP contribution in [0.25, 0.3) is 0 Å². The number of rotatable bonds is 2. The largest absolute Gasteiger partial charge is 0.466 e. The topological polar surface area (TPSA) is 52.3 Å². The second-order valence-electron chi connectivity index (χ2n) is 3.94. The van der Waals surface area contributed by atoms with Crippen LogP contribution in [-0.4, -0.2) is 18.6 Å². The molecule has 0 aliphatic heterocycles. The molecule has 1 fully saturated rings. The summed E-state index contributed by atoms with van der Waals surface area (Å²) >= 11 is 0. The second-order valence-corrected chi connectivity index (χ2v) is 3.94. The maximum Gasteiger partial charge on any atom is 0.310 e. The van der Waals surface area contributed by atoms with E-state index in [2.05, 4.69) is 6.92 Å². The van der Waals surface area contributed by atoms with E-state index in [1.54, 1.807) is 0 Å². The molecule has 1 aliphatic carbocycles. The van der Waals surface area contributed by atoms with Gasteiger partial charge in [0.25, 0.3) is 0 Å². The van der Waals surface area contributed by atoms with Gasteiger partial charge in [-0.25, -0.2) is 0 Å². The zero-order valence-electron chi connectivity index (χ0n) is 8.45. The Bertz CT molecular complexity index is 182. The van der Waals surface area contributed by atoms with Gasteiger partial charge in [0.2, 0.25) is 0 Å². The minimum atomic E-state index is -0.109. The predicted molar refractivity (Wildman–Crippen MR) is 51.1 cm³/mol. The van der Waals surface area contributed by atoms with Gasteiger partial charge < -0.3 is 10.5 Å². The molecular weight excluding hydrogens is 166 g/mol. The number of esters is 1. The molecule has 1 saturated carbocycles. The third kappa shape index (κ3) is 2.69. The molecule has 3 atom stereocenters. The summed E-state index contributed by atoms with van der Waals surface area (Å²) < 4.78 is 4.97. The normalized spacial score (nSPS) is 34.2. The van der Waals surface area contributed by atoms with E-state index in [1.807, 2.05) is 6.92 Å². The molecule has 0 saturated heterocycles. The Labute approximate surface area is 79.6 Å². The summed E-state index contributed by atoms with van der Waals surface area (Å²) in [5.74, 6) is 0.485. The molecule has 76 valence electrons. The third-order valence-corrected chi connectivity index (χ3v) is 2.75. The minimum Gasteiger partial charge on any atom is -0.466 e. The van der Waals surface area contributed by atoms with Gasteiger partial charge in [0.15, 0.2) is 0 Å². The fraction of sp³-hybridized carbons (Fsp3) is 0.900. The third-order valence-electron chi connectivity index (χ3n) is 2.75. The minimum absolute atomic E-state index is 0.00259. The maximum atomic E-state index is 11.4. The van der Waals surface area contributed by atoms with Crippen LogP contribution < -0.4 is 5.73 Å². The average Bonchev–Trinajstić information content (AvgIpc) is 2.04. The standard InChI is InChI=1S/C10H19NO2/c1-3-13-10(12)8-5-4-7(2)6-9(8)11/h7-9H,3-6,11H2,1-2H3. The van der Waals surface area contributed by atoms with E-state index < -0.39 is 0 Å². The van der Waals surface area contributed by atoms with Gasteiger partial charge in [-0.15, -0.1) is 0 Å². The van der Waals surface area contributed by atoms with Crippen LogP contribution >= 0.6 is 0 Å². The number of carbonyl (C=O) groups is 1. The summed E-state index contributed by atoms with van der Waals surface area (Å²) in [6.07, 6.45) is 2.93.